The standard InChI is InChI=1S/C31H31ClFN5O7/c1-17-15-37-8-7-31(17,33)21-12-18(32)14-34-28(21)44-19-13-22(29(39)40)38(16-19)27-26-25(20-4-2-3-5-23(20)45-26)35-24(36-27)6-9-42-10-11-43-30(37)41/h2-5,12,14,17,19,22H,6-11,13,15-16H2,1H3,(H,39,40)/t17-,19-,22-,31+/m0/s1. The van der Waals surface area contributed by atoms with Crippen molar-refractivity contribution < 1.29 is 37.7 Å². The molecule has 4 aromatic rings. The summed E-state index contributed by atoms with van der Waals surface area (Å²) in [5.41, 5.74) is -0.260. The van der Waals surface area contributed by atoms with E-state index in [1.807, 2.05) is 24.3 Å². The Morgan fingerprint density at radius 1 is 1.18 bits per heavy atom. The number of para-hydroxylation sites is 1. The fourth-order valence-electron chi connectivity index (χ4n) is 6.48. The number of anilines is 1. The van der Waals surface area contributed by atoms with Crippen LogP contribution in [0.2, 0.25) is 5.02 Å². The average Bonchev–Trinajstić information content (AvgIpc) is 3.62. The van der Waals surface area contributed by atoms with Crippen molar-refractivity contribution in [1.29, 1.82) is 0 Å². The number of piperidine rings is 1. The molecule has 1 amide bonds. The number of aliphatic carboxylic acids is 1. The van der Waals surface area contributed by atoms with Crippen molar-refractivity contribution in [3.63, 3.8) is 0 Å². The molecule has 3 aromatic heterocycles. The van der Waals surface area contributed by atoms with Crippen LogP contribution in [0.15, 0.2) is 40.9 Å². The second-order valence-corrected chi connectivity index (χ2v) is 12.1. The largest absolute Gasteiger partial charge is 0.480 e. The lowest BCUT2D eigenvalue weighted by Gasteiger charge is -2.41. The second-order valence-electron chi connectivity index (χ2n) is 11.7. The topological polar surface area (TPSA) is 140 Å². The highest BCUT2D eigenvalue weighted by Crippen LogP contribution is 2.46. The number of carboxylic acids is 1. The van der Waals surface area contributed by atoms with Crippen molar-refractivity contribution in [2.75, 3.05) is 44.4 Å². The number of hydrogen-bond acceptors (Lipinski definition) is 10. The van der Waals surface area contributed by atoms with Gasteiger partial charge in [-0.25, -0.2) is 28.9 Å². The zero-order valence-corrected chi connectivity index (χ0v) is 25.2. The predicted molar refractivity (Wildman–Crippen MR) is 160 cm³/mol. The number of pyridine rings is 1. The van der Waals surface area contributed by atoms with E-state index in [-0.39, 0.29) is 68.8 Å². The van der Waals surface area contributed by atoms with E-state index in [4.69, 9.17) is 40.2 Å². The van der Waals surface area contributed by atoms with E-state index in [0.29, 0.717) is 34.7 Å². The number of rotatable bonds is 1. The lowest BCUT2D eigenvalue weighted by molar-refractivity contribution is -0.138. The molecule has 4 aliphatic rings. The van der Waals surface area contributed by atoms with Gasteiger partial charge >= 0.3 is 12.1 Å². The molecule has 7 heterocycles. The number of carbonyl (C=O) groups excluding carboxylic acids is 1. The van der Waals surface area contributed by atoms with Crippen molar-refractivity contribution >= 4 is 51.6 Å². The number of furan rings is 1. The first kappa shape index (κ1) is 29.5. The summed E-state index contributed by atoms with van der Waals surface area (Å²) in [4.78, 5) is 42.4. The van der Waals surface area contributed by atoms with E-state index in [2.05, 4.69) is 4.98 Å². The lowest BCUT2D eigenvalue weighted by Crippen LogP contribution is -2.49. The Kier molecular flexibility index (Phi) is 7.60. The highest BCUT2D eigenvalue weighted by molar-refractivity contribution is 6.30. The Morgan fingerprint density at radius 2 is 2.02 bits per heavy atom. The van der Waals surface area contributed by atoms with Crippen LogP contribution in [-0.2, 0) is 26.4 Å². The third-order valence-electron chi connectivity index (χ3n) is 8.81. The maximum atomic E-state index is 16.9. The van der Waals surface area contributed by atoms with Crippen LogP contribution in [0.5, 0.6) is 5.88 Å². The molecule has 2 fully saturated rings. The van der Waals surface area contributed by atoms with Crippen molar-refractivity contribution in [2.24, 2.45) is 5.92 Å². The number of nitrogens with zero attached hydrogens (tertiary/aromatic N) is 5. The van der Waals surface area contributed by atoms with E-state index in [0.717, 1.165) is 5.39 Å². The van der Waals surface area contributed by atoms with Crippen LogP contribution < -0.4 is 9.64 Å². The predicted octanol–water partition coefficient (Wildman–Crippen LogP) is 4.75. The molecule has 0 saturated carbocycles. The van der Waals surface area contributed by atoms with E-state index in [1.54, 1.807) is 11.8 Å². The summed E-state index contributed by atoms with van der Waals surface area (Å²) in [6.07, 6.45) is 0.524. The fraction of sp³-hybridized carbons (Fsp3) is 0.452. The van der Waals surface area contributed by atoms with Gasteiger partial charge in [0.2, 0.25) is 5.88 Å². The molecule has 2 saturated heterocycles. The molecule has 45 heavy (non-hydrogen) atoms. The Morgan fingerprint density at radius 3 is 2.84 bits per heavy atom. The van der Waals surface area contributed by atoms with E-state index in [1.165, 1.54) is 17.2 Å². The summed E-state index contributed by atoms with van der Waals surface area (Å²) >= 11 is 6.30. The number of fused-ring (bicyclic) bond motifs is 11. The molecule has 4 atom stereocenters. The molecule has 6 bridgehead atoms. The normalized spacial score (nSPS) is 26.0. The molecule has 0 radical (unpaired) electrons. The van der Waals surface area contributed by atoms with E-state index in [9.17, 15) is 14.7 Å². The van der Waals surface area contributed by atoms with Gasteiger partial charge in [-0.1, -0.05) is 30.7 Å². The minimum atomic E-state index is -1.92. The van der Waals surface area contributed by atoms with Gasteiger partial charge in [-0.05, 0) is 18.2 Å². The van der Waals surface area contributed by atoms with Crippen LogP contribution >= 0.6 is 11.6 Å². The van der Waals surface area contributed by atoms with Gasteiger partial charge in [0.05, 0.1) is 30.3 Å². The third-order valence-corrected chi connectivity index (χ3v) is 9.02. The molecule has 8 rings (SSSR count). The van der Waals surface area contributed by atoms with Crippen LogP contribution in [0.1, 0.15) is 31.2 Å². The number of alkyl halides is 1. The number of carboxylic acid groups (broad SMARTS) is 1. The van der Waals surface area contributed by atoms with Gasteiger partial charge in [-0.3, -0.25) is 0 Å². The summed E-state index contributed by atoms with van der Waals surface area (Å²) in [5.74, 6) is -0.924. The van der Waals surface area contributed by atoms with Gasteiger partial charge in [0.1, 0.15) is 41.3 Å². The van der Waals surface area contributed by atoms with Crippen LogP contribution in [-0.4, -0.2) is 88.6 Å². The number of ether oxygens (including phenoxy) is 3. The number of amides is 1. The number of aromatic nitrogens is 3. The summed E-state index contributed by atoms with van der Waals surface area (Å²) in [6.45, 7) is 2.46. The number of carbonyl (C=O) groups is 2. The van der Waals surface area contributed by atoms with Gasteiger partial charge in [0.25, 0.3) is 0 Å². The summed E-state index contributed by atoms with van der Waals surface area (Å²) in [6, 6.07) is 7.89. The zero-order chi connectivity index (χ0) is 31.3. The third kappa shape index (κ3) is 5.37. The molecule has 0 spiro atoms. The highest BCUT2D eigenvalue weighted by Gasteiger charge is 2.47. The van der Waals surface area contributed by atoms with Crippen LogP contribution in [0, 0.1) is 5.92 Å². The summed E-state index contributed by atoms with van der Waals surface area (Å²) in [5, 5.41) is 11.3. The molecule has 0 aliphatic carbocycles. The monoisotopic (exact) mass is 639 g/mol. The Bertz CT molecular complexity index is 1790. The van der Waals surface area contributed by atoms with Gasteiger partial charge in [0, 0.05) is 49.9 Å². The lowest BCUT2D eigenvalue weighted by atomic mass is 9.79. The van der Waals surface area contributed by atoms with Crippen molar-refractivity contribution in [1.82, 2.24) is 19.9 Å². The first-order valence-corrected chi connectivity index (χ1v) is 15.3. The van der Waals surface area contributed by atoms with Gasteiger partial charge < -0.3 is 33.5 Å². The SMILES string of the molecule is C[C@H]1CN2CC[C@]1(F)c1cc(Cl)cnc1O[C@H]1C[C@@H](C(=O)O)N(C1)c1nc(nc3c1oc1ccccc13)CCOCCOC2=O. The van der Waals surface area contributed by atoms with Crippen LogP contribution in [0.3, 0.4) is 0 Å². The van der Waals surface area contributed by atoms with Gasteiger partial charge in [0.15, 0.2) is 11.4 Å². The van der Waals surface area contributed by atoms with Crippen molar-refractivity contribution in [3.8, 4) is 5.88 Å². The smallest absolute Gasteiger partial charge is 0.409 e. The van der Waals surface area contributed by atoms with Crippen molar-refractivity contribution in [3.05, 3.63) is 52.9 Å². The number of benzene rings is 1. The molecule has 1 N–H and O–H groups in total. The maximum Gasteiger partial charge on any atom is 0.409 e. The van der Waals surface area contributed by atoms with Gasteiger partial charge in [-0.15, -0.1) is 0 Å². The minimum Gasteiger partial charge on any atom is -0.480 e. The van der Waals surface area contributed by atoms with E-state index >= 15 is 4.39 Å². The summed E-state index contributed by atoms with van der Waals surface area (Å²) in [7, 11) is 0. The van der Waals surface area contributed by atoms with Crippen LogP contribution in [0.4, 0.5) is 15.0 Å². The Hall–Kier alpha value is -4.23. The second kappa shape index (κ2) is 11.6. The first-order chi connectivity index (χ1) is 21.7. The first-order valence-electron chi connectivity index (χ1n) is 14.9. The van der Waals surface area contributed by atoms with Crippen LogP contribution in [0.25, 0.3) is 22.1 Å². The molecule has 236 valence electrons. The maximum absolute atomic E-state index is 16.9. The number of hydrogen-bond donors (Lipinski definition) is 1. The highest BCUT2D eigenvalue weighted by atomic mass is 35.5. The average molecular weight is 640 g/mol. The van der Waals surface area contributed by atoms with Gasteiger partial charge in [-0.2, -0.15) is 0 Å². The molecule has 12 nitrogen and oxygen atoms in total. The molecular formula is C31H31ClFN5O7. The zero-order valence-electron chi connectivity index (χ0n) is 24.4. The fourth-order valence-corrected chi connectivity index (χ4v) is 6.63. The minimum absolute atomic E-state index is 0.0215. The van der Waals surface area contributed by atoms with E-state index < -0.39 is 35.8 Å². The molecular weight excluding hydrogens is 609 g/mol. The molecule has 0 unspecified atom stereocenters. The molecule has 4 aliphatic heterocycles. The summed E-state index contributed by atoms with van der Waals surface area (Å²) < 4.78 is 40.5. The quantitative estimate of drug-likeness (QED) is 0.308. The number of halogens is 2. The van der Waals surface area contributed by atoms with Crippen molar-refractivity contribution in [2.45, 2.75) is 44.0 Å². The molecule has 1 aromatic carbocycles. The molecule has 14 heteroatoms. The Balaban J connectivity index is 1.31. The Labute approximate surface area is 262 Å².